The highest BCUT2D eigenvalue weighted by atomic mass is 16.5. The Labute approximate surface area is 138 Å². The van der Waals surface area contributed by atoms with Gasteiger partial charge in [-0.1, -0.05) is 32.9 Å². The van der Waals surface area contributed by atoms with E-state index in [0.29, 0.717) is 24.8 Å². The van der Waals surface area contributed by atoms with Crippen molar-refractivity contribution in [3.05, 3.63) is 29.8 Å². The molecule has 1 aromatic rings. The van der Waals surface area contributed by atoms with Gasteiger partial charge in [0.05, 0.1) is 13.0 Å². The number of carbonyl (C=O) groups is 2. The van der Waals surface area contributed by atoms with E-state index in [0.717, 1.165) is 0 Å². The van der Waals surface area contributed by atoms with Crippen LogP contribution in [0.15, 0.2) is 24.3 Å². The number of nitrogens with zero attached hydrogens (tertiary/aromatic N) is 1. The number of carbonyl (C=O) groups excluding carboxylic acids is 2. The highest BCUT2D eigenvalue weighted by Gasteiger charge is 2.20. The third kappa shape index (κ3) is 5.93. The molecule has 0 fully saturated rings. The minimum absolute atomic E-state index is 0.0389. The molecule has 0 N–H and O–H groups in total. The van der Waals surface area contributed by atoms with Crippen LogP contribution in [0.3, 0.4) is 0 Å². The van der Waals surface area contributed by atoms with E-state index in [1.807, 2.05) is 31.2 Å². The zero-order valence-corrected chi connectivity index (χ0v) is 14.7. The first-order valence-electron chi connectivity index (χ1n) is 7.97. The monoisotopic (exact) mass is 321 g/mol. The summed E-state index contributed by atoms with van der Waals surface area (Å²) in [4.78, 5) is 25.3. The molecule has 0 saturated carbocycles. The minimum Gasteiger partial charge on any atom is -0.484 e. The van der Waals surface area contributed by atoms with Gasteiger partial charge < -0.3 is 14.4 Å². The molecule has 1 aromatic carbocycles. The SMILES string of the molecule is CCN(CC(C)C(=O)OC)C(=O)COc1ccc(C(C)C)cc1. The fourth-order valence-corrected chi connectivity index (χ4v) is 2.20. The fourth-order valence-electron chi connectivity index (χ4n) is 2.20. The molecule has 0 radical (unpaired) electrons. The first-order valence-corrected chi connectivity index (χ1v) is 7.97. The summed E-state index contributed by atoms with van der Waals surface area (Å²) >= 11 is 0. The van der Waals surface area contributed by atoms with Gasteiger partial charge in [-0.2, -0.15) is 0 Å². The topological polar surface area (TPSA) is 55.8 Å². The van der Waals surface area contributed by atoms with Gasteiger partial charge in [0.25, 0.3) is 5.91 Å². The molecule has 0 aliphatic carbocycles. The maximum atomic E-state index is 12.2. The van der Waals surface area contributed by atoms with E-state index >= 15 is 0 Å². The zero-order valence-electron chi connectivity index (χ0n) is 14.7. The molecule has 1 rings (SSSR count). The summed E-state index contributed by atoms with van der Waals surface area (Å²) in [6.07, 6.45) is 0. The molecular formula is C18H27NO4. The summed E-state index contributed by atoms with van der Waals surface area (Å²) in [5.41, 5.74) is 1.23. The number of esters is 1. The van der Waals surface area contributed by atoms with E-state index in [1.165, 1.54) is 12.7 Å². The Balaban J connectivity index is 2.54. The molecule has 0 spiro atoms. The second kappa shape index (κ2) is 9.18. The Kier molecular flexibility index (Phi) is 7.59. The van der Waals surface area contributed by atoms with Crippen LogP contribution in [0, 0.1) is 5.92 Å². The molecular weight excluding hydrogens is 294 g/mol. The largest absolute Gasteiger partial charge is 0.484 e. The standard InChI is InChI=1S/C18H27NO4/c1-6-19(11-14(4)18(21)22-5)17(20)12-23-16-9-7-15(8-10-16)13(2)3/h7-10,13-14H,6,11-12H2,1-5H3. The Hall–Kier alpha value is -2.04. The summed E-state index contributed by atoms with van der Waals surface area (Å²) in [5.74, 6) is 0.313. The van der Waals surface area contributed by atoms with E-state index in [9.17, 15) is 9.59 Å². The minimum atomic E-state index is -0.353. The van der Waals surface area contributed by atoms with Gasteiger partial charge in [-0.05, 0) is 30.5 Å². The van der Waals surface area contributed by atoms with Crippen LogP contribution in [0.25, 0.3) is 0 Å². The van der Waals surface area contributed by atoms with Gasteiger partial charge in [0, 0.05) is 13.1 Å². The quantitative estimate of drug-likeness (QED) is 0.691. The van der Waals surface area contributed by atoms with Gasteiger partial charge in [-0.25, -0.2) is 0 Å². The van der Waals surface area contributed by atoms with Gasteiger partial charge in [-0.3, -0.25) is 9.59 Å². The lowest BCUT2D eigenvalue weighted by Gasteiger charge is -2.23. The second-order valence-electron chi connectivity index (χ2n) is 5.87. The van der Waals surface area contributed by atoms with Crippen molar-refractivity contribution in [3.63, 3.8) is 0 Å². The van der Waals surface area contributed by atoms with E-state index < -0.39 is 0 Å². The predicted molar refractivity (Wildman–Crippen MR) is 89.5 cm³/mol. The lowest BCUT2D eigenvalue weighted by Crippen LogP contribution is -2.39. The number of benzene rings is 1. The van der Waals surface area contributed by atoms with Crippen LogP contribution in [-0.4, -0.2) is 43.6 Å². The molecule has 1 atom stereocenters. The van der Waals surface area contributed by atoms with Crippen molar-refractivity contribution in [2.24, 2.45) is 5.92 Å². The van der Waals surface area contributed by atoms with Crippen molar-refractivity contribution in [2.45, 2.75) is 33.6 Å². The van der Waals surface area contributed by atoms with Crippen LogP contribution in [0.5, 0.6) is 5.75 Å². The average Bonchev–Trinajstić information content (AvgIpc) is 2.56. The van der Waals surface area contributed by atoms with Gasteiger partial charge in [-0.15, -0.1) is 0 Å². The first kappa shape index (κ1) is 19.0. The molecule has 128 valence electrons. The van der Waals surface area contributed by atoms with Crippen molar-refractivity contribution >= 4 is 11.9 Å². The van der Waals surface area contributed by atoms with Crippen LogP contribution in [0.4, 0.5) is 0 Å². The third-order valence-electron chi connectivity index (χ3n) is 3.74. The van der Waals surface area contributed by atoms with Crippen LogP contribution < -0.4 is 4.74 Å². The fraction of sp³-hybridized carbons (Fsp3) is 0.556. The highest BCUT2D eigenvalue weighted by molar-refractivity contribution is 5.79. The van der Waals surface area contributed by atoms with E-state index in [2.05, 4.69) is 18.6 Å². The number of hydrogen-bond acceptors (Lipinski definition) is 4. The number of ether oxygens (including phenoxy) is 2. The van der Waals surface area contributed by atoms with Gasteiger partial charge >= 0.3 is 5.97 Å². The number of hydrogen-bond donors (Lipinski definition) is 0. The molecule has 23 heavy (non-hydrogen) atoms. The summed E-state index contributed by atoms with van der Waals surface area (Å²) in [6, 6.07) is 7.74. The van der Waals surface area contributed by atoms with Crippen molar-refractivity contribution in [1.82, 2.24) is 4.90 Å². The van der Waals surface area contributed by atoms with Crippen LogP contribution in [-0.2, 0) is 14.3 Å². The Morgan fingerprint density at radius 2 is 1.74 bits per heavy atom. The Bertz CT molecular complexity index is 510. The van der Waals surface area contributed by atoms with Gasteiger partial charge in [0.1, 0.15) is 5.75 Å². The van der Waals surface area contributed by atoms with E-state index in [4.69, 9.17) is 4.74 Å². The first-order chi connectivity index (χ1) is 10.9. The molecule has 0 heterocycles. The molecule has 0 saturated heterocycles. The number of amides is 1. The molecule has 0 aliphatic heterocycles. The van der Waals surface area contributed by atoms with Crippen molar-refractivity contribution in [2.75, 3.05) is 26.8 Å². The lowest BCUT2D eigenvalue weighted by molar-refractivity contribution is -0.146. The van der Waals surface area contributed by atoms with E-state index in [1.54, 1.807) is 11.8 Å². The van der Waals surface area contributed by atoms with Gasteiger partial charge in [0.2, 0.25) is 0 Å². The lowest BCUT2D eigenvalue weighted by atomic mass is 10.0. The maximum Gasteiger partial charge on any atom is 0.310 e. The zero-order chi connectivity index (χ0) is 17.4. The van der Waals surface area contributed by atoms with Crippen LogP contribution in [0.2, 0.25) is 0 Å². The van der Waals surface area contributed by atoms with Gasteiger partial charge in [0.15, 0.2) is 6.61 Å². The normalized spacial score (nSPS) is 11.9. The summed E-state index contributed by atoms with van der Waals surface area (Å²) < 4.78 is 10.2. The van der Waals surface area contributed by atoms with Crippen LogP contribution in [0.1, 0.15) is 39.2 Å². The van der Waals surface area contributed by atoms with Crippen molar-refractivity contribution in [3.8, 4) is 5.75 Å². The highest BCUT2D eigenvalue weighted by Crippen LogP contribution is 2.18. The van der Waals surface area contributed by atoms with E-state index in [-0.39, 0.29) is 24.4 Å². The second-order valence-corrected chi connectivity index (χ2v) is 5.87. The summed E-state index contributed by atoms with van der Waals surface area (Å²) in [5, 5.41) is 0. The molecule has 5 heteroatoms. The molecule has 0 bridgehead atoms. The Morgan fingerprint density at radius 1 is 1.13 bits per heavy atom. The number of likely N-dealkylation sites (N-methyl/N-ethyl adjacent to an activating group) is 1. The average molecular weight is 321 g/mol. The molecule has 0 aliphatic rings. The molecule has 1 unspecified atom stereocenters. The number of methoxy groups -OCH3 is 1. The number of rotatable bonds is 8. The van der Waals surface area contributed by atoms with Crippen molar-refractivity contribution in [1.29, 1.82) is 0 Å². The van der Waals surface area contributed by atoms with Crippen LogP contribution >= 0.6 is 0 Å². The van der Waals surface area contributed by atoms with Crippen molar-refractivity contribution < 1.29 is 19.1 Å². The molecule has 5 nitrogen and oxygen atoms in total. The third-order valence-corrected chi connectivity index (χ3v) is 3.74. The summed E-state index contributed by atoms with van der Waals surface area (Å²) in [6.45, 7) is 8.69. The smallest absolute Gasteiger partial charge is 0.310 e. The maximum absolute atomic E-state index is 12.2. The molecule has 0 aromatic heterocycles. The Morgan fingerprint density at radius 3 is 2.22 bits per heavy atom. The summed E-state index contributed by atoms with van der Waals surface area (Å²) in [7, 11) is 1.35. The molecule has 1 amide bonds. The predicted octanol–water partition coefficient (Wildman–Crippen LogP) is 2.85.